The summed E-state index contributed by atoms with van der Waals surface area (Å²) in [5.74, 6) is -2.18. The van der Waals surface area contributed by atoms with E-state index in [1.54, 1.807) is 6.07 Å². The molecule has 0 aromatic heterocycles. The highest BCUT2D eigenvalue weighted by Crippen LogP contribution is 2.21. The summed E-state index contributed by atoms with van der Waals surface area (Å²) in [5.41, 5.74) is 5.27. The molecule has 5 nitrogen and oxygen atoms in total. The van der Waals surface area contributed by atoms with Crippen molar-refractivity contribution in [3.63, 3.8) is 0 Å². The van der Waals surface area contributed by atoms with E-state index in [0.29, 0.717) is 18.2 Å². The highest BCUT2D eigenvalue weighted by molar-refractivity contribution is 5.98. The first-order valence-electron chi connectivity index (χ1n) is 6.85. The molecular formula is C15H21FN2O3. The molecule has 6 heteroatoms. The number of carboxylic acid groups (broad SMARTS) is 1. The molecule has 0 spiro atoms. The standard InChI is InChI=1S/C15H21FN2O3/c1-9(2)6-10(7-13(19)20)8-18-12-5-3-4-11(16)14(12)15(17)21/h3-5,9-10,18H,6-8H2,1-2H3,(H2,17,21)(H,19,20). The molecule has 1 amide bonds. The van der Waals surface area contributed by atoms with Gasteiger partial charge in [-0.3, -0.25) is 9.59 Å². The first kappa shape index (κ1) is 16.9. The molecule has 0 aliphatic rings. The van der Waals surface area contributed by atoms with Crippen molar-refractivity contribution in [3.8, 4) is 0 Å². The van der Waals surface area contributed by atoms with E-state index in [1.165, 1.54) is 6.07 Å². The lowest BCUT2D eigenvalue weighted by atomic mass is 9.94. The molecule has 1 atom stereocenters. The smallest absolute Gasteiger partial charge is 0.303 e. The van der Waals surface area contributed by atoms with Gasteiger partial charge in [-0.25, -0.2) is 4.39 Å². The Bertz CT molecular complexity index is 518. The van der Waals surface area contributed by atoms with E-state index in [4.69, 9.17) is 10.8 Å². The second-order valence-electron chi connectivity index (χ2n) is 5.50. The van der Waals surface area contributed by atoms with Gasteiger partial charge in [0.2, 0.25) is 0 Å². The first-order valence-corrected chi connectivity index (χ1v) is 6.85. The zero-order valence-electron chi connectivity index (χ0n) is 12.2. The lowest BCUT2D eigenvalue weighted by Crippen LogP contribution is -2.22. The van der Waals surface area contributed by atoms with Gasteiger partial charge in [0.25, 0.3) is 5.91 Å². The Balaban J connectivity index is 2.82. The van der Waals surface area contributed by atoms with Gasteiger partial charge < -0.3 is 16.2 Å². The second kappa shape index (κ2) is 7.61. The number of nitrogens with one attached hydrogen (secondary N) is 1. The van der Waals surface area contributed by atoms with Crippen molar-refractivity contribution in [2.75, 3.05) is 11.9 Å². The Morgan fingerprint density at radius 2 is 2.05 bits per heavy atom. The van der Waals surface area contributed by atoms with Crippen LogP contribution in [0.4, 0.5) is 10.1 Å². The quantitative estimate of drug-likeness (QED) is 0.687. The van der Waals surface area contributed by atoms with Crippen molar-refractivity contribution < 1.29 is 19.1 Å². The predicted octanol–water partition coefficient (Wildman–Crippen LogP) is 2.47. The molecule has 1 aromatic carbocycles. The Morgan fingerprint density at radius 1 is 1.38 bits per heavy atom. The Kier molecular flexibility index (Phi) is 6.14. The molecule has 0 fully saturated rings. The van der Waals surface area contributed by atoms with Gasteiger partial charge in [-0.05, 0) is 30.4 Å². The summed E-state index contributed by atoms with van der Waals surface area (Å²) in [6.45, 7) is 4.35. The van der Waals surface area contributed by atoms with Crippen LogP contribution >= 0.6 is 0 Å². The molecule has 0 radical (unpaired) electrons. The molecule has 4 N–H and O–H groups in total. The SMILES string of the molecule is CC(C)CC(CNc1cccc(F)c1C(N)=O)CC(=O)O. The molecule has 0 aliphatic heterocycles. The van der Waals surface area contributed by atoms with Crippen LogP contribution in [0.15, 0.2) is 18.2 Å². The van der Waals surface area contributed by atoms with Crippen LogP contribution in [-0.2, 0) is 4.79 Å². The van der Waals surface area contributed by atoms with Crippen molar-refractivity contribution in [2.24, 2.45) is 17.6 Å². The maximum Gasteiger partial charge on any atom is 0.303 e. The summed E-state index contributed by atoms with van der Waals surface area (Å²) in [6, 6.07) is 4.18. The zero-order chi connectivity index (χ0) is 16.0. The topological polar surface area (TPSA) is 92.4 Å². The molecule has 1 rings (SSSR count). The van der Waals surface area contributed by atoms with Crippen molar-refractivity contribution in [2.45, 2.75) is 26.7 Å². The van der Waals surface area contributed by atoms with Gasteiger partial charge in [0.15, 0.2) is 0 Å². The van der Waals surface area contributed by atoms with Gasteiger partial charge >= 0.3 is 5.97 Å². The average Bonchev–Trinajstić information content (AvgIpc) is 2.34. The number of primary amides is 1. The summed E-state index contributed by atoms with van der Waals surface area (Å²) in [5, 5.41) is 11.9. The van der Waals surface area contributed by atoms with E-state index in [2.05, 4.69) is 5.32 Å². The molecule has 116 valence electrons. The number of aliphatic carboxylic acids is 1. The van der Waals surface area contributed by atoms with Gasteiger partial charge in [-0.1, -0.05) is 19.9 Å². The number of halogens is 1. The molecule has 1 aromatic rings. The first-order chi connectivity index (χ1) is 9.81. The van der Waals surface area contributed by atoms with E-state index in [1.807, 2.05) is 13.8 Å². The van der Waals surface area contributed by atoms with Crippen LogP contribution in [0.25, 0.3) is 0 Å². The molecule has 0 heterocycles. The minimum Gasteiger partial charge on any atom is -0.481 e. The molecule has 0 saturated carbocycles. The minimum atomic E-state index is -0.878. The highest BCUT2D eigenvalue weighted by Gasteiger charge is 2.18. The number of hydrogen-bond acceptors (Lipinski definition) is 3. The summed E-state index contributed by atoms with van der Waals surface area (Å²) in [4.78, 5) is 22.2. The number of benzene rings is 1. The summed E-state index contributed by atoms with van der Waals surface area (Å²) < 4.78 is 13.6. The molecule has 0 bridgehead atoms. The van der Waals surface area contributed by atoms with Crippen LogP contribution < -0.4 is 11.1 Å². The van der Waals surface area contributed by atoms with Gasteiger partial charge in [0.1, 0.15) is 5.82 Å². The van der Waals surface area contributed by atoms with Gasteiger partial charge in [-0.2, -0.15) is 0 Å². The van der Waals surface area contributed by atoms with E-state index in [-0.39, 0.29) is 17.9 Å². The average molecular weight is 296 g/mol. The fraction of sp³-hybridized carbons (Fsp3) is 0.467. The van der Waals surface area contributed by atoms with Crippen LogP contribution in [0, 0.1) is 17.7 Å². The lowest BCUT2D eigenvalue weighted by Gasteiger charge is -2.19. The molecule has 1 unspecified atom stereocenters. The van der Waals surface area contributed by atoms with Gasteiger partial charge in [-0.15, -0.1) is 0 Å². The third kappa shape index (κ3) is 5.41. The number of anilines is 1. The number of nitrogens with two attached hydrogens (primary N) is 1. The van der Waals surface area contributed by atoms with Crippen molar-refractivity contribution in [1.82, 2.24) is 0 Å². The number of carbonyl (C=O) groups is 2. The van der Waals surface area contributed by atoms with Crippen LogP contribution in [0.5, 0.6) is 0 Å². The van der Waals surface area contributed by atoms with Crippen molar-refractivity contribution >= 4 is 17.6 Å². The van der Waals surface area contributed by atoms with Crippen LogP contribution in [0.1, 0.15) is 37.0 Å². The monoisotopic (exact) mass is 296 g/mol. The maximum atomic E-state index is 13.6. The largest absolute Gasteiger partial charge is 0.481 e. The van der Waals surface area contributed by atoms with Crippen molar-refractivity contribution in [1.29, 1.82) is 0 Å². The number of rotatable bonds is 8. The molecule has 0 aliphatic carbocycles. The molecule has 21 heavy (non-hydrogen) atoms. The lowest BCUT2D eigenvalue weighted by molar-refractivity contribution is -0.138. The molecular weight excluding hydrogens is 275 g/mol. The van der Waals surface area contributed by atoms with Crippen molar-refractivity contribution in [3.05, 3.63) is 29.6 Å². The third-order valence-corrected chi connectivity index (χ3v) is 3.11. The van der Waals surface area contributed by atoms with E-state index in [0.717, 1.165) is 12.5 Å². The number of amides is 1. The van der Waals surface area contributed by atoms with Crippen LogP contribution in [-0.4, -0.2) is 23.5 Å². The third-order valence-electron chi connectivity index (χ3n) is 3.11. The summed E-state index contributed by atoms with van der Waals surface area (Å²) in [7, 11) is 0. The number of carboxylic acids is 1. The Hall–Kier alpha value is -2.11. The van der Waals surface area contributed by atoms with Crippen LogP contribution in [0.3, 0.4) is 0 Å². The zero-order valence-corrected chi connectivity index (χ0v) is 12.2. The number of hydrogen-bond donors (Lipinski definition) is 3. The number of carbonyl (C=O) groups excluding carboxylic acids is 1. The van der Waals surface area contributed by atoms with Crippen LogP contribution in [0.2, 0.25) is 0 Å². The van der Waals surface area contributed by atoms with E-state index in [9.17, 15) is 14.0 Å². The van der Waals surface area contributed by atoms with E-state index >= 15 is 0 Å². The summed E-state index contributed by atoms with van der Waals surface area (Å²) >= 11 is 0. The Morgan fingerprint density at radius 3 is 2.57 bits per heavy atom. The Labute approximate surface area is 123 Å². The van der Waals surface area contributed by atoms with E-state index < -0.39 is 17.7 Å². The maximum absolute atomic E-state index is 13.6. The molecule has 0 saturated heterocycles. The fourth-order valence-electron chi connectivity index (χ4n) is 2.33. The highest BCUT2D eigenvalue weighted by atomic mass is 19.1. The predicted molar refractivity (Wildman–Crippen MR) is 78.6 cm³/mol. The normalized spacial score (nSPS) is 12.2. The van der Waals surface area contributed by atoms with Gasteiger partial charge in [0, 0.05) is 18.7 Å². The fourth-order valence-corrected chi connectivity index (χ4v) is 2.33. The second-order valence-corrected chi connectivity index (χ2v) is 5.50. The van der Waals surface area contributed by atoms with Gasteiger partial charge in [0.05, 0.1) is 5.56 Å². The summed E-state index contributed by atoms with van der Waals surface area (Å²) in [6.07, 6.45) is 0.743. The minimum absolute atomic E-state index is 0.0202.